The molecule has 19 heavy (non-hydrogen) atoms. The molecule has 0 fully saturated rings. The van der Waals surface area contributed by atoms with E-state index in [1.807, 2.05) is 6.07 Å². The van der Waals surface area contributed by atoms with Crippen molar-refractivity contribution in [3.63, 3.8) is 0 Å². The van der Waals surface area contributed by atoms with Crippen molar-refractivity contribution in [3.05, 3.63) is 56.7 Å². The van der Waals surface area contributed by atoms with Crippen LogP contribution in [0, 0.1) is 11.2 Å². The summed E-state index contributed by atoms with van der Waals surface area (Å²) >= 11 is 6.39. The summed E-state index contributed by atoms with van der Waals surface area (Å²) in [5.41, 5.74) is 5.64. The van der Waals surface area contributed by atoms with E-state index in [9.17, 15) is 4.39 Å². The van der Waals surface area contributed by atoms with Crippen molar-refractivity contribution in [2.45, 2.75) is 0 Å². The standard InChI is InChI=1S/C13H9Br2FN2O/c14-7-2-1-3-8(6-7)19-10-5-4-9(13(17)18)11(15)12(10)16/h1-6H,(H3,17,18). The van der Waals surface area contributed by atoms with Crippen molar-refractivity contribution >= 4 is 37.7 Å². The van der Waals surface area contributed by atoms with Crippen LogP contribution in [0.5, 0.6) is 11.5 Å². The van der Waals surface area contributed by atoms with Gasteiger partial charge in [-0.25, -0.2) is 4.39 Å². The molecule has 6 heteroatoms. The average Bonchev–Trinajstić information content (AvgIpc) is 2.35. The maximum atomic E-state index is 14.1. The van der Waals surface area contributed by atoms with Crippen molar-refractivity contribution in [2.24, 2.45) is 5.73 Å². The van der Waals surface area contributed by atoms with Gasteiger partial charge in [-0.2, -0.15) is 0 Å². The minimum absolute atomic E-state index is 0.0648. The third kappa shape index (κ3) is 3.13. The molecule has 0 saturated carbocycles. The molecular formula is C13H9Br2FN2O. The summed E-state index contributed by atoms with van der Waals surface area (Å²) in [6.07, 6.45) is 0. The number of hydrogen-bond donors (Lipinski definition) is 2. The van der Waals surface area contributed by atoms with Crippen LogP contribution in [-0.4, -0.2) is 5.84 Å². The lowest BCUT2D eigenvalue weighted by atomic mass is 10.2. The molecule has 0 radical (unpaired) electrons. The Morgan fingerprint density at radius 1 is 1.21 bits per heavy atom. The first-order valence-electron chi connectivity index (χ1n) is 5.25. The van der Waals surface area contributed by atoms with E-state index < -0.39 is 5.82 Å². The fraction of sp³-hybridized carbons (Fsp3) is 0. The number of ether oxygens (including phenoxy) is 1. The fourth-order valence-electron chi connectivity index (χ4n) is 1.48. The van der Waals surface area contributed by atoms with Gasteiger partial charge in [0.2, 0.25) is 0 Å². The van der Waals surface area contributed by atoms with Crippen LogP contribution >= 0.6 is 31.9 Å². The monoisotopic (exact) mass is 386 g/mol. The van der Waals surface area contributed by atoms with Crippen LogP contribution in [0.1, 0.15) is 5.56 Å². The van der Waals surface area contributed by atoms with E-state index in [1.165, 1.54) is 12.1 Å². The predicted octanol–water partition coefficient (Wildman–Crippen LogP) is 4.43. The Balaban J connectivity index is 2.37. The highest BCUT2D eigenvalue weighted by Gasteiger charge is 2.14. The molecule has 0 heterocycles. The first kappa shape index (κ1) is 14.0. The molecular weight excluding hydrogens is 379 g/mol. The number of halogens is 3. The molecule has 0 aliphatic rings. The number of benzene rings is 2. The molecule has 2 aromatic rings. The largest absolute Gasteiger partial charge is 0.454 e. The second-order valence-electron chi connectivity index (χ2n) is 3.71. The van der Waals surface area contributed by atoms with Gasteiger partial charge in [-0.05, 0) is 46.3 Å². The Bertz CT molecular complexity index is 647. The van der Waals surface area contributed by atoms with Gasteiger partial charge >= 0.3 is 0 Å². The Kier molecular flexibility index (Phi) is 4.21. The molecule has 0 bridgehead atoms. The van der Waals surface area contributed by atoms with Gasteiger partial charge in [0.05, 0.1) is 4.47 Å². The molecule has 98 valence electrons. The van der Waals surface area contributed by atoms with Crippen LogP contribution < -0.4 is 10.5 Å². The smallest absolute Gasteiger partial charge is 0.180 e. The molecule has 2 aromatic carbocycles. The van der Waals surface area contributed by atoms with Gasteiger partial charge < -0.3 is 10.5 Å². The quantitative estimate of drug-likeness (QED) is 0.604. The van der Waals surface area contributed by atoms with Gasteiger partial charge in [-0.15, -0.1) is 0 Å². The molecule has 0 spiro atoms. The highest BCUT2D eigenvalue weighted by atomic mass is 79.9. The number of amidine groups is 1. The van der Waals surface area contributed by atoms with Crippen LogP contribution in [0.3, 0.4) is 0 Å². The normalized spacial score (nSPS) is 10.3. The topological polar surface area (TPSA) is 59.1 Å². The predicted molar refractivity (Wildman–Crippen MR) is 79.3 cm³/mol. The van der Waals surface area contributed by atoms with Gasteiger partial charge in [0.25, 0.3) is 0 Å². The Hall–Kier alpha value is -1.40. The Labute approximate surface area is 126 Å². The molecule has 2 rings (SSSR count). The lowest BCUT2D eigenvalue weighted by molar-refractivity contribution is 0.440. The van der Waals surface area contributed by atoms with Crippen LogP contribution in [0.2, 0.25) is 0 Å². The maximum absolute atomic E-state index is 14.1. The van der Waals surface area contributed by atoms with E-state index >= 15 is 0 Å². The van der Waals surface area contributed by atoms with Crippen molar-refractivity contribution in [1.82, 2.24) is 0 Å². The SMILES string of the molecule is N=C(N)c1ccc(Oc2cccc(Br)c2)c(F)c1Br. The minimum atomic E-state index is -0.590. The van der Waals surface area contributed by atoms with Gasteiger partial charge in [-0.3, -0.25) is 5.41 Å². The molecule has 0 atom stereocenters. The number of rotatable bonds is 3. The maximum Gasteiger partial charge on any atom is 0.180 e. The third-order valence-electron chi connectivity index (χ3n) is 2.36. The van der Waals surface area contributed by atoms with E-state index in [0.29, 0.717) is 11.3 Å². The summed E-state index contributed by atoms with van der Waals surface area (Å²) in [4.78, 5) is 0. The second kappa shape index (κ2) is 5.71. The summed E-state index contributed by atoms with van der Waals surface area (Å²) < 4.78 is 20.5. The molecule has 0 aliphatic heterocycles. The first-order chi connectivity index (χ1) is 8.99. The molecule has 3 N–H and O–H groups in total. The minimum Gasteiger partial charge on any atom is -0.454 e. The van der Waals surface area contributed by atoms with Crippen LogP contribution in [0.4, 0.5) is 4.39 Å². The molecule has 0 saturated heterocycles. The molecule has 0 aromatic heterocycles. The molecule has 0 unspecified atom stereocenters. The summed E-state index contributed by atoms with van der Waals surface area (Å²) in [6, 6.07) is 10.1. The number of nitrogen functional groups attached to an aromatic ring is 1. The zero-order valence-electron chi connectivity index (χ0n) is 9.58. The van der Waals surface area contributed by atoms with Crippen LogP contribution in [0.25, 0.3) is 0 Å². The third-order valence-corrected chi connectivity index (χ3v) is 3.63. The summed E-state index contributed by atoms with van der Waals surface area (Å²) in [6.45, 7) is 0. The number of hydrogen-bond acceptors (Lipinski definition) is 2. The molecule has 0 amide bonds. The first-order valence-corrected chi connectivity index (χ1v) is 6.83. The van der Waals surface area contributed by atoms with Gasteiger partial charge in [0, 0.05) is 10.0 Å². The highest BCUT2D eigenvalue weighted by molar-refractivity contribution is 9.10. The fourth-order valence-corrected chi connectivity index (χ4v) is 2.40. The molecule has 3 nitrogen and oxygen atoms in total. The summed E-state index contributed by atoms with van der Waals surface area (Å²) in [7, 11) is 0. The summed E-state index contributed by atoms with van der Waals surface area (Å²) in [5, 5.41) is 7.33. The van der Waals surface area contributed by atoms with E-state index in [4.69, 9.17) is 15.9 Å². The lowest BCUT2D eigenvalue weighted by Gasteiger charge is -2.10. The van der Waals surface area contributed by atoms with E-state index in [1.54, 1.807) is 18.2 Å². The number of nitrogens with two attached hydrogens (primary N) is 1. The lowest BCUT2D eigenvalue weighted by Crippen LogP contribution is -2.12. The zero-order chi connectivity index (χ0) is 14.0. The van der Waals surface area contributed by atoms with Gasteiger partial charge in [0.15, 0.2) is 11.6 Å². The highest BCUT2D eigenvalue weighted by Crippen LogP contribution is 2.32. The average molecular weight is 388 g/mol. The van der Waals surface area contributed by atoms with E-state index in [-0.39, 0.29) is 16.1 Å². The summed E-state index contributed by atoms with van der Waals surface area (Å²) in [5.74, 6) is -0.224. The van der Waals surface area contributed by atoms with Crippen molar-refractivity contribution in [2.75, 3.05) is 0 Å². The van der Waals surface area contributed by atoms with Crippen molar-refractivity contribution in [1.29, 1.82) is 5.41 Å². The van der Waals surface area contributed by atoms with Crippen molar-refractivity contribution < 1.29 is 9.13 Å². The van der Waals surface area contributed by atoms with Gasteiger partial charge in [-0.1, -0.05) is 22.0 Å². The number of nitrogens with one attached hydrogen (secondary N) is 1. The van der Waals surface area contributed by atoms with E-state index in [2.05, 4.69) is 31.9 Å². The van der Waals surface area contributed by atoms with E-state index in [0.717, 1.165) is 4.47 Å². The Morgan fingerprint density at radius 3 is 2.58 bits per heavy atom. The Morgan fingerprint density at radius 2 is 1.95 bits per heavy atom. The zero-order valence-corrected chi connectivity index (χ0v) is 12.8. The van der Waals surface area contributed by atoms with Crippen molar-refractivity contribution in [3.8, 4) is 11.5 Å². The second-order valence-corrected chi connectivity index (χ2v) is 5.42. The van der Waals surface area contributed by atoms with Crippen LogP contribution in [-0.2, 0) is 0 Å². The van der Waals surface area contributed by atoms with Gasteiger partial charge in [0.1, 0.15) is 11.6 Å². The molecule has 0 aliphatic carbocycles. The van der Waals surface area contributed by atoms with Crippen LogP contribution in [0.15, 0.2) is 45.3 Å².